The van der Waals surface area contributed by atoms with Crippen LogP contribution in [0.15, 0.2) is 18.2 Å². The lowest BCUT2D eigenvalue weighted by Gasteiger charge is -2.53. The number of aryl methyl sites for hydroxylation is 1. The number of amides is 1. The van der Waals surface area contributed by atoms with Gasteiger partial charge < -0.3 is 24.5 Å². The number of hydrogen-bond acceptors (Lipinski definition) is 5. The summed E-state index contributed by atoms with van der Waals surface area (Å²) in [6.07, 6.45) is 3.08. The maximum absolute atomic E-state index is 13.2. The van der Waals surface area contributed by atoms with Crippen molar-refractivity contribution in [2.24, 2.45) is 5.41 Å². The molecule has 3 aliphatic rings. The van der Waals surface area contributed by atoms with Gasteiger partial charge in [0, 0.05) is 48.9 Å². The van der Waals surface area contributed by atoms with Crippen LogP contribution in [0.2, 0.25) is 0 Å². The molecule has 3 aliphatic heterocycles. The number of anilines is 1. The van der Waals surface area contributed by atoms with E-state index in [1.165, 1.54) is 5.69 Å². The smallest absolute Gasteiger partial charge is 0.253 e. The number of aliphatic hydroxyl groups is 1. The average molecular weight is 388 g/mol. The number of aliphatic hydroxyl groups excluding tert-OH is 1. The predicted molar refractivity (Wildman–Crippen MR) is 110 cm³/mol. The molecule has 1 aromatic rings. The largest absolute Gasteiger partial charge is 0.396 e. The molecule has 2 atom stereocenters. The monoisotopic (exact) mass is 387 g/mol. The molecule has 3 heterocycles. The molecule has 1 N–H and O–H groups in total. The van der Waals surface area contributed by atoms with Gasteiger partial charge in [0.05, 0.1) is 19.8 Å². The van der Waals surface area contributed by atoms with E-state index in [1.807, 2.05) is 17.0 Å². The Morgan fingerprint density at radius 2 is 2.00 bits per heavy atom. The maximum Gasteiger partial charge on any atom is 0.253 e. The van der Waals surface area contributed by atoms with Crippen molar-refractivity contribution in [3.05, 3.63) is 29.3 Å². The summed E-state index contributed by atoms with van der Waals surface area (Å²) in [5, 5.41) is 10.1. The van der Waals surface area contributed by atoms with Crippen LogP contribution in [-0.2, 0) is 4.74 Å². The Bertz CT molecular complexity index is 719. The van der Waals surface area contributed by atoms with Crippen molar-refractivity contribution >= 4 is 11.6 Å². The van der Waals surface area contributed by atoms with Crippen LogP contribution in [0.3, 0.4) is 0 Å². The Kier molecular flexibility index (Phi) is 5.63. The Balaban J connectivity index is 1.49. The summed E-state index contributed by atoms with van der Waals surface area (Å²) in [6, 6.07) is 6.34. The van der Waals surface area contributed by atoms with Crippen molar-refractivity contribution in [1.29, 1.82) is 0 Å². The van der Waals surface area contributed by atoms with Crippen LogP contribution in [0.1, 0.15) is 35.2 Å². The van der Waals surface area contributed by atoms with Crippen molar-refractivity contribution in [1.82, 2.24) is 9.80 Å². The predicted octanol–water partition coefficient (Wildman–Crippen LogP) is 1.75. The molecule has 0 bridgehead atoms. The van der Waals surface area contributed by atoms with Crippen molar-refractivity contribution < 1.29 is 14.6 Å². The zero-order chi connectivity index (χ0) is 19.7. The molecule has 0 aromatic heterocycles. The topological polar surface area (TPSA) is 56.3 Å². The minimum Gasteiger partial charge on any atom is -0.396 e. The molecule has 0 spiro atoms. The van der Waals surface area contributed by atoms with E-state index in [0.717, 1.165) is 69.8 Å². The van der Waals surface area contributed by atoms with Gasteiger partial charge in [0.2, 0.25) is 0 Å². The van der Waals surface area contributed by atoms with Crippen molar-refractivity contribution in [3.8, 4) is 0 Å². The van der Waals surface area contributed by atoms with E-state index in [1.54, 1.807) is 0 Å². The summed E-state index contributed by atoms with van der Waals surface area (Å²) < 4.78 is 5.45. The van der Waals surface area contributed by atoms with E-state index >= 15 is 0 Å². The Hall–Kier alpha value is -1.63. The Morgan fingerprint density at radius 3 is 2.71 bits per heavy atom. The molecule has 1 aromatic carbocycles. The number of likely N-dealkylation sites (tertiary alicyclic amines) is 2. The highest BCUT2D eigenvalue weighted by atomic mass is 16.5. The maximum atomic E-state index is 13.2. The number of piperidine rings is 2. The third-order valence-corrected chi connectivity index (χ3v) is 7.09. The van der Waals surface area contributed by atoms with Crippen LogP contribution in [-0.4, -0.2) is 86.4 Å². The fourth-order valence-corrected chi connectivity index (χ4v) is 5.33. The normalized spacial score (nSPS) is 28.9. The average Bonchev–Trinajstić information content (AvgIpc) is 2.74. The van der Waals surface area contributed by atoms with Crippen molar-refractivity contribution in [2.75, 3.05) is 64.5 Å². The first-order valence-corrected chi connectivity index (χ1v) is 10.6. The van der Waals surface area contributed by atoms with E-state index in [4.69, 9.17) is 4.74 Å². The molecule has 6 heteroatoms. The molecule has 0 saturated carbocycles. The van der Waals surface area contributed by atoms with Gasteiger partial charge in [-0.15, -0.1) is 0 Å². The molecule has 6 nitrogen and oxygen atoms in total. The van der Waals surface area contributed by atoms with Crippen LogP contribution in [0.4, 0.5) is 5.69 Å². The zero-order valence-corrected chi connectivity index (χ0v) is 17.2. The first-order valence-electron chi connectivity index (χ1n) is 10.6. The number of likely N-dealkylation sites (N-methyl/N-ethyl adjacent to an activating group) is 1. The van der Waals surface area contributed by atoms with E-state index in [-0.39, 0.29) is 24.0 Å². The summed E-state index contributed by atoms with van der Waals surface area (Å²) in [6.45, 7) is 8.11. The molecular weight excluding hydrogens is 354 g/mol. The molecule has 3 fully saturated rings. The van der Waals surface area contributed by atoms with Gasteiger partial charge in [-0.05, 0) is 63.5 Å². The zero-order valence-electron chi connectivity index (χ0n) is 17.2. The molecule has 154 valence electrons. The van der Waals surface area contributed by atoms with Crippen LogP contribution in [0, 0.1) is 12.3 Å². The van der Waals surface area contributed by atoms with Crippen molar-refractivity contribution in [3.63, 3.8) is 0 Å². The lowest BCUT2D eigenvalue weighted by atomic mass is 9.69. The summed E-state index contributed by atoms with van der Waals surface area (Å²) in [5.41, 5.74) is 3.07. The summed E-state index contributed by atoms with van der Waals surface area (Å²) in [4.78, 5) is 19.9. The van der Waals surface area contributed by atoms with Crippen LogP contribution < -0.4 is 4.90 Å². The number of ether oxygens (including phenoxy) is 1. The van der Waals surface area contributed by atoms with E-state index in [9.17, 15) is 9.90 Å². The van der Waals surface area contributed by atoms with Crippen LogP contribution >= 0.6 is 0 Å². The Morgan fingerprint density at radius 1 is 1.21 bits per heavy atom. The third-order valence-electron chi connectivity index (χ3n) is 7.09. The van der Waals surface area contributed by atoms with Gasteiger partial charge in [-0.1, -0.05) is 0 Å². The van der Waals surface area contributed by atoms with Gasteiger partial charge in [-0.25, -0.2) is 0 Å². The minimum absolute atomic E-state index is 0.0418. The number of carbonyl (C=O) groups is 1. The van der Waals surface area contributed by atoms with Gasteiger partial charge in [-0.2, -0.15) is 0 Å². The number of rotatable bonds is 3. The van der Waals surface area contributed by atoms with E-state index in [0.29, 0.717) is 6.54 Å². The first kappa shape index (κ1) is 19.7. The molecule has 1 amide bonds. The molecule has 4 rings (SSSR count). The van der Waals surface area contributed by atoms with Crippen LogP contribution in [0.25, 0.3) is 0 Å². The molecule has 28 heavy (non-hydrogen) atoms. The Labute approximate surface area is 168 Å². The summed E-state index contributed by atoms with van der Waals surface area (Å²) in [5.74, 6) is 0.113. The fraction of sp³-hybridized carbons (Fsp3) is 0.682. The van der Waals surface area contributed by atoms with Gasteiger partial charge in [0.1, 0.15) is 0 Å². The van der Waals surface area contributed by atoms with E-state index in [2.05, 4.69) is 29.8 Å². The van der Waals surface area contributed by atoms with E-state index < -0.39 is 0 Å². The molecule has 3 saturated heterocycles. The second-order valence-corrected chi connectivity index (χ2v) is 8.72. The number of morpholine rings is 1. The fourth-order valence-electron chi connectivity index (χ4n) is 5.33. The second-order valence-electron chi connectivity index (χ2n) is 8.72. The number of nitrogens with zero attached hydrogens (tertiary/aromatic N) is 3. The molecular formula is C22H33N3O3. The number of fused-ring (bicyclic) bond motifs is 1. The number of hydrogen-bond donors (Lipinski definition) is 1. The first-order chi connectivity index (χ1) is 13.5. The van der Waals surface area contributed by atoms with Crippen LogP contribution in [0.5, 0.6) is 0 Å². The summed E-state index contributed by atoms with van der Waals surface area (Å²) in [7, 11) is 2.13. The second kappa shape index (κ2) is 8.01. The highest BCUT2D eigenvalue weighted by molar-refractivity contribution is 5.95. The van der Waals surface area contributed by atoms with Gasteiger partial charge in [-0.3, -0.25) is 4.79 Å². The van der Waals surface area contributed by atoms with Gasteiger partial charge >= 0.3 is 0 Å². The third kappa shape index (κ3) is 3.53. The highest BCUT2D eigenvalue weighted by Gasteiger charge is 2.47. The number of benzene rings is 1. The van der Waals surface area contributed by atoms with Gasteiger partial charge in [0.25, 0.3) is 5.91 Å². The highest BCUT2D eigenvalue weighted by Crippen LogP contribution is 2.41. The minimum atomic E-state index is -0.0418. The van der Waals surface area contributed by atoms with Gasteiger partial charge in [0.15, 0.2) is 0 Å². The lowest BCUT2D eigenvalue weighted by Crippen LogP contribution is -2.62. The lowest BCUT2D eigenvalue weighted by molar-refractivity contribution is -0.0601. The number of carbonyl (C=O) groups excluding carboxylic acids is 1. The standard InChI is InChI=1S/C22H33N3O3/c1-17-14-18(4-5-19(17)24-10-12-28-13-11-24)21(27)25-9-7-22(16-26)6-3-8-23(2)20(22)15-25/h4-5,14,20,26H,3,6-13,15-16H2,1-2H3/t20-,22-/m1/s1. The summed E-state index contributed by atoms with van der Waals surface area (Å²) >= 11 is 0. The SMILES string of the molecule is Cc1cc(C(=O)N2CC[C@@]3(CO)CCCN(C)[C@@H]3C2)ccc1N1CCOCC1. The molecule has 0 radical (unpaired) electrons. The molecule has 0 unspecified atom stereocenters. The molecule has 0 aliphatic carbocycles. The van der Waals surface area contributed by atoms with Crippen molar-refractivity contribution in [2.45, 2.75) is 32.2 Å². The quantitative estimate of drug-likeness (QED) is 0.856.